The molecule has 32 heavy (non-hydrogen) atoms. The van der Waals surface area contributed by atoms with E-state index in [1.54, 1.807) is 0 Å². The van der Waals surface area contributed by atoms with E-state index < -0.39 is 0 Å². The quantitative estimate of drug-likeness (QED) is 0.0782. The zero-order chi connectivity index (χ0) is 23.2. The zero-order valence-electron chi connectivity index (χ0n) is 21.1. The van der Waals surface area contributed by atoms with Gasteiger partial charge in [0.15, 0.2) is 0 Å². The van der Waals surface area contributed by atoms with Crippen molar-refractivity contribution >= 4 is 15.9 Å². The molecule has 194 valence electrons. The molecule has 0 bridgehead atoms. The molecule has 0 aromatic rings. The van der Waals surface area contributed by atoms with Crippen LogP contribution in [0.1, 0.15) is 96.8 Å². The van der Waals surface area contributed by atoms with Crippen LogP contribution in [0, 0.1) is 0 Å². The topological polar surface area (TPSA) is 46.2 Å². The summed E-state index contributed by atoms with van der Waals surface area (Å²) < 4.78 is 27.3. The molecule has 0 aromatic heterocycles. The molecule has 0 unspecified atom stereocenters. The number of alkyl halides is 1. The number of rotatable bonds is 29. The first kappa shape index (κ1) is 32.3. The van der Waals surface area contributed by atoms with Crippen molar-refractivity contribution in [1.82, 2.24) is 0 Å². The van der Waals surface area contributed by atoms with Gasteiger partial charge in [-0.2, -0.15) is 0 Å². The predicted octanol–water partition coefficient (Wildman–Crippen LogP) is 6.95. The molecule has 0 aliphatic heterocycles. The van der Waals surface area contributed by atoms with Crippen molar-refractivity contribution in [3.8, 4) is 0 Å². The molecule has 0 aromatic carbocycles. The van der Waals surface area contributed by atoms with E-state index in [0.717, 1.165) is 18.5 Å². The van der Waals surface area contributed by atoms with Gasteiger partial charge in [-0.25, -0.2) is 0 Å². The van der Waals surface area contributed by atoms with Gasteiger partial charge in [-0.15, -0.1) is 0 Å². The van der Waals surface area contributed by atoms with E-state index in [0.29, 0.717) is 52.9 Å². The van der Waals surface area contributed by atoms with Crippen LogP contribution in [-0.2, 0) is 23.7 Å². The summed E-state index contributed by atoms with van der Waals surface area (Å²) in [5.41, 5.74) is 0. The first-order valence-corrected chi connectivity index (χ1v) is 14.5. The van der Waals surface area contributed by atoms with Crippen LogP contribution in [-0.4, -0.2) is 71.4 Å². The Morgan fingerprint density at radius 2 is 0.625 bits per heavy atom. The standard InChI is InChI=1S/C26H53BrO5/c1-2-3-4-5-6-7-8-9-10-11-12-13-14-15-17-28-19-21-30-23-25-32-26-24-31-22-20-29-18-16-27/h2-26H2,1H3. The number of hydrogen-bond donors (Lipinski definition) is 0. The summed E-state index contributed by atoms with van der Waals surface area (Å²) in [7, 11) is 0. The van der Waals surface area contributed by atoms with Gasteiger partial charge in [-0.3, -0.25) is 0 Å². The summed E-state index contributed by atoms with van der Waals surface area (Å²) in [6.07, 6.45) is 19.4. The molecule has 6 heteroatoms. The van der Waals surface area contributed by atoms with Gasteiger partial charge in [0, 0.05) is 11.9 Å². The molecule has 0 amide bonds. The maximum absolute atomic E-state index is 5.64. The van der Waals surface area contributed by atoms with Crippen molar-refractivity contribution < 1.29 is 23.7 Å². The molecule has 5 nitrogen and oxygen atoms in total. The van der Waals surface area contributed by atoms with Crippen LogP contribution >= 0.6 is 15.9 Å². The highest BCUT2D eigenvalue weighted by atomic mass is 79.9. The third kappa shape index (κ3) is 30.3. The lowest BCUT2D eigenvalue weighted by Crippen LogP contribution is -2.13. The highest BCUT2D eigenvalue weighted by Crippen LogP contribution is 2.12. The molecule has 0 aliphatic carbocycles. The van der Waals surface area contributed by atoms with Crippen molar-refractivity contribution in [3.05, 3.63) is 0 Å². The molecule has 0 saturated carbocycles. The van der Waals surface area contributed by atoms with Gasteiger partial charge in [0.05, 0.1) is 59.5 Å². The zero-order valence-corrected chi connectivity index (χ0v) is 22.7. The van der Waals surface area contributed by atoms with Crippen molar-refractivity contribution in [2.45, 2.75) is 96.8 Å². The molecule has 0 saturated heterocycles. The van der Waals surface area contributed by atoms with Crippen molar-refractivity contribution in [1.29, 1.82) is 0 Å². The average Bonchev–Trinajstić information content (AvgIpc) is 2.81. The van der Waals surface area contributed by atoms with Crippen LogP contribution in [0.5, 0.6) is 0 Å². The molecule has 0 N–H and O–H groups in total. The molecular formula is C26H53BrO5. The monoisotopic (exact) mass is 524 g/mol. The minimum absolute atomic E-state index is 0.595. The second kappa shape index (κ2) is 31.3. The Balaban J connectivity index is 2.98. The van der Waals surface area contributed by atoms with Crippen LogP contribution in [0.2, 0.25) is 0 Å². The lowest BCUT2D eigenvalue weighted by Gasteiger charge is -2.08. The second-order valence-electron chi connectivity index (χ2n) is 8.35. The molecule has 0 heterocycles. The molecule has 0 radical (unpaired) electrons. The van der Waals surface area contributed by atoms with Crippen LogP contribution in [0.15, 0.2) is 0 Å². The van der Waals surface area contributed by atoms with Gasteiger partial charge >= 0.3 is 0 Å². The fourth-order valence-corrected chi connectivity index (χ4v) is 3.66. The number of halogens is 1. The first-order chi connectivity index (χ1) is 15.9. The van der Waals surface area contributed by atoms with Crippen LogP contribution in [0.25, 0.3) is 0 Å². The van der Waals surface area contributed by atoms with E-state index in [1.165, 1.54) is 89.9 Å². The van der Waals surface area contributed by atoms with E-state index in [2.05, 4.69) is 22.9 Å². The Morgan fingerprint density at radius 1 is 0.344 bits per heavy atom. The smallest absolute Gasteiger partial charge is 0.0701 e. The Kier molecular flexibility index (Phi) is 31.6. The van der Waals surface area contributed by atoms with Gasteiger partial charge in [0.1, 0.15) is 0 Å². The minimum Gasteiger partial charge on any atom is -0.379 e. The predicted molar refractivity (Wildman–Crippen MR) is 138 cm³/mol. The largest absolute Gasteiger partial charge is 0.379 e. The molecule has 0 spiro atoms. The highest BCUT2D eigenvalue weighted by Gasteiger charge is 1.96. The van der Waals surface area contributed by atoms with E-state index in [9.17, 15) is 0 Å². The Labute approximate surface area is 207 Å². The number of unbranched alkanes of at least 4 members (excludes halogenated alkanes) is 13. The van der Waals surface area contributed by atoms with E-state index in [1.807, 2.05) is 0 Å². The van der Waals surface area contributed by atoms with E-state index >= 15 is 0 Å². The number of hydrogen-bond acceptors (Lipinski definition) is 5. The summed E-state index contributed by atoms with van der Waals surface area (Å²) in [5, 5.41) is 0.862. The van der Waals surface area contributed by atoms with Gasteiger partial charge < -0.3 is 23.7 Å². The Hall–Kier alpha value is 0.280. The van der Waals surface area contributed by atoms with Crippen LogP contribution < -0.4 is 0 Å². The summed E-state index contributed by atoms with van der Waals surface area (Å²) in [6, 6.07) is 0. The van der Waals surface area contributed by atoms with E-state index in [4.69, 9.17) is 23.7 Å². The van der Waals surface area contributed by atoms with Crippen LogP contribution in [0.3, 0.4) is 0 Å². The SMILES string of the molecule is CCCCCCCCCCCCCCCCOCCOCCOCCOCCOCCBr. The maximum atomic E-state index is 5.64. The van der Waals surface area contributed by atoms with Gasteiger partial charge in [-0.1, -0.05) is 106 Å². The van der Waals surface area contributed by atoms with Crippen LogP contribution in [0.4, 0.5) is 0 Å². The minimum atomic E-state index is 0.595. The highest BCUT2D eigenvalue weighted by molar-refractivity contribution is 9.09. The molecule has 0 aliphatic rings. The number of ether oxygens (including phenoxy) is 5. The molecular weight excluding hydrogens is 472 g/mol. The summed E-state index contributed by atoms with van der Waals surface area (Å²) >= 11 is 3.31. The molecule has 0 fully saturated rings. The maximum Gasteiger partial charge on any atom is 0.0701 e. The van der Waals surface area contributed by atoms with Gasteiger partial charge in [0.25, 0.3) is 0 Å². The van der Waals surface area contributed by atoms with E-state index in [-0.39, 0.29) is 0 Å². The lowest BCUT2D eigenvalue weighted by molar-refractivity contribution is -0.0102. The fraction of sp³-hybridized carbons (Fsp3) is 1.00. The van der Waals surface area contributed by atoms with Crippen molar-refractivity contribution in [3.63, 3.8) is 0 Å². The first-order valence-electron chi connectivity index (χ1n) is 13.4. The summed E-state index contributed by atoms with van der Waals surface area (Å²) in [4.78, 5) is 0. The third-order valence-corrected chi connectivity index (χ3v) is 5.68. The third-order valence-electron chi connectivity index (χ3n) is 5.35. The molecule has 0 atom stereocenters. The lowest BCUT2D eigenvalue weighted by atomic mass is 10.0. The second-order valence-corrected chi connectivity index (χ2v) is 9.14. The fourth-order valence-electron chi connectivity index (χ4n) is 3.43. The normalized spacial score (nSPS) is 11.4. The summed E-state index contributed by atoms with van der Waals surface area (Å²) in [5.74, 6) is 0. The average molecular weight is 526 g/mol. The van der Waals surface area contributed by atoms with Gasteiger partial charge in [-0.05, 0) is 6.42 Å². The summed E-state index contributed by atoms with van der Waals surface area (Å²) in [6.45, 7) is 8.83. The van der Waals surface area contributed by atoms with Gasteiger partial charge in [0.2, 0.25) is 0 Å². The Morgan fingerprint density at radius 3 is 0.969 bits per heavy atom. The molecule has 0 rings (SSSR count). The Bertz CT molecular complexity index is 291. The van der Waals surface area contributed by atoms with Crippen molar-refractivity contribution in [2.75, 3.05) is 71.4 Å². The van der Waals surface area contributed by atoms with Crippen molar-refractivity contribution in [2.24, 2.45) is 0 Å².